The van der Waals surface area contributed by atoms with Gasteiger partial charge >= 0.3 is 0 Å². The topological polar surface area (TPSA) is 51.8 Å². The number of aryl methyl sites for hydroxylation is 2. The highest BCUT2D eigenvalue weighted by Gasteiger charge is 1.99. The van der Waals surface area contributed by atoms with E-state index in [9.17, 15) is 0 Å². The molecule has 0 aliphatic carbocycles. The summed E-state index contributed by atoms with van der Waals surface area (Å²) in [4.78, 5) is 8.55. The van der Waals surface area contributed by atoms with E-state index in [2.05, 4.69) is 16.9 Å². The fourth-order valence-corrected chi connectivity index (χ4v) is 1.08. The molecule has 3 nitrogen and oxygen atoms in total. The summed E-state index contributed by atoms with van der Waals surface area (Å²) in [5.74, 6) is 0.923. The first-order chi connectivity index (χ1) is 5.77. The number of nitrogens with zero attached hydrogens (tertiary/aromatic N) is 2. The maximum atomic E-state index is 5.49. The average Bonchev–Trinajstić information content (AvgIpc) is 2.05. The molecular formula is C9H15N3. The summed E-state index contributed by atoms with van der Waals surface area (Å²) in [5.41, 5.74) is 7.54. The largest absolute Gasteiger partial charge is 0.326 e. The molecule has 0 amide bonds. The lowest BCUT2D eigenvalue weighted by Gasteiger charge is -2.03. The molecule has 0 aromatic carbocycles. The van der Waals surface area contributed by atoms with Crippen molar-refractivity contribution in [3.63, 3.8) is 0 Å². The molecule has 0 bridgehead atoms. The van der Waals surface area contributed by atoms with Crippen molar-refractivity contribution in [2.75, 3.05) is 0 Å². The predicted molar refractivity (Wildman–Crippen MR) is 48.7 cm³/mol. The summed E-state index contributed by atoms with van der Waals surface area (Å²) in [5, 5.41) is 0. The van der Waals surface area contributed by atoms with Gasteiger partial charge in [-0.25, -0.2) is 9.97 Å². The molecule has 0 saturated carbocycles. The van der Waals surface area contributed by atoms with Crippen LogP contribution in [-0.2, 0) is 13.0 Å². The van der Waals surface area contributed by atoms with E-state index in [0.29, 0.717) is 6.54 Å². The van der Waals surface area contributed by atoms with Gasteiger partial charge in [-0.2, -0.15) is 0 Å². The fourth-order valence-electron chi connectivity index (χ4n) is 1.08. The van der Waals surface area contributed by atoms with Gasteiger partial charge in [-0.3, -0.25) is 0 Å². The number of hydrogen-bond donors (Lipinski definition) is 1. The van der Waals surface area contributed by atoms with Crippen LogP contribution in [0.3, 0.4) is 0 Å². The molecule has 0 spiro atoms. The molecule has 2 N–H and O–H groups in total. The zero-order chi connectivity index (χ0) is 8.97. The van der Waals surface area contributed by atoms with E-state index in [0.717, 1.165) is 29.9 Å². The van der Waals surface area contributed by atoms with Crippen LogP contribution in [0.5, 0.6) is 0 Å². The number of hydrogen-bond acceptors (Lipinski definition) is 3. The molecule has 0 aliphatic heterocycles. The van der Waals surface area contributed by atoms with E-state index in [1.807, 2.05) is 13.1 Å². The lowest BCUT2D eigenvalue weighted by molar-refractivity contribution is 0.810. The summed E-state index contributed by atoms with van der Waals surface area (Å²) in [7, 11) is 0. The van der Waals surface area contributed by atoms with Gasteiger partial charge in [-0.15, -0.1) is 0 Å². The van der Waals surface area contributed by atoms with Crippen LogP contribution in [0.25, 0.3) is 0 Å². The normalized spacial score (nSPS) is 10.2. The van der Waals surface area contributed by atoms with Crippen molar-refractivity contribution >= 4 is 0 Å². The third-order valence-corrected chi connectivity index (χ3v) is 1.82. The highest BCUT2D eigenvalue weighted by molar-refractivity contribution is 5.15. The Balaban J connectivity index is 2.86. The molecule has 0 atom stereocenters. The Labute approximate surface area is 73.0 Å². The number of aromatic nitrogens is 2. The van der Waals surface area contributed by atoms with E-state index >= 15 is 0 Å². The Bertz CT molecular complexity index is 258. The molecule has 0 radical (unpaired) electrons. The lowest BCUT2D eigenvalue weighted by atomic mass is 10.2. The highest BCUT2D eigenvalue weighted by atomic mass is 14.9. The van der Waals surface area contributed by atoms with Crippen molar-refractivity contribution in [3.8, 4) is 0 Å². The van der Waals surface area contributed by atoms with Crippen molar-refractivity contribution in [1.29, 1.82) is 0 Å². The van der Waals surface area contributed by atoms with Crippen LogP contribution in [0.15, 0.2) is 6.20 Å². The Morgan fingerprint density at radius 1 is 1.50 bits per heavy atom. The van der Waals surface area contributed by atoms with Gasteiger partial charge in [-0.1, -0.05) is 6.92 Å². The van der Waals surface area contributed by atoms with E-state index in [4.69, 9.17) is 5.73 Å². The summed E-state index contributed by atoms with van der Waals surface area (Å²) in [6.45, 7) is 4.62. The molecule has 12 heavy (non-hydrogen) atoms. The second kappa shape index (κ2) is 4.16. The van der Waals surface area contributed by atoms with Crippen LogP contribution < -0.4 is 5.73 Å². The zero-order valence-electron chi connectivity index (χ0n) is 7.67. The van der Waals surface area contributed by atoms with E-state index in [1.54, 1.807) is 0 Å². The number of rotatable bonds is 3. The Morgan fingerprint density at radius 2 is 2.25 bits per heavy atom. The molecule has 66 valence electrons. The van der Waals surface area contributed by atoms with Crippen LogP contribution in [-0.4, -0.2) is 9.97 Å². The fraction of sp³-hybridized carbons (Fsp3) is 0.556. The first-order valence-corrected chi connectivity index (χ1v) is 4.29. The van der Waals surface area contributed by atoms with Crippen LogP contribution in [0.4, 0.5) is 0 Å². The maximum absolute atomic E-state index is 5.49. The van der Waals surface area contributed by atoms with Gasteiger partial charge in [0.1, 0.15) is 5.82 Å². The molecule has 1 aromatic rings. The van der Waals surface area contributed by atoms with Gasteiger partial charge < -0.3 is 5.73 Å². The van der Waals surface area contributed by atoms with Gasteiger partial charge in [0.2, 0.25) is 0 Å². The summed E-state index contributed by atoms with van der Waals surface area (Å²) in [6.07, 6.45) is 3.86. The van der Waals surface area contributed by atoms with Crippen molar-refractivity contribution in [2.24, 2.45) is 5.73 Å². The second-order valence-electron chi connectivity index (χ2n) is 2.85. The van der Waals surface area contributed by atoms with Gasteiger partial charge in [0.15, 0.2) is 0 Å². The summed E-state index contributed by atoms with van der Waals surface area (Å²) < 4.78 is 0. The van der Waals surface area contributed by atoms with Crippen molar-refractivity contribution < 1.29 is 0 Å². The van der Waals surface area contributed by atoms with Crippen molar-refractivity contribution in [1.82, 2.24) is 9.97 Å². The molecule has 0 unspecified atom stereocenters. The van der Waals surface area contributed by atoms with Gasteiger partial charge in [0, 0.05) is 30.4 Å². The minimum Gasteiger partial charge on any atom is -0.326 e. The van der Waals surface area contributed by atoms with Crippen LogP contribution in [0.1, 0.15) is 30.4 Å². The van der Waals surface area contributed by atoms with Crippen LogP contribution >= 0.6 is 0 Å². The summed E-state index contributed by atoms with van der Waals surface area (Å²) in [6, 6.07) is 0. The summed E-state index contributed by atoms with van der Waals surface area (Å²) >= 11 is 0. The standard InChI is InChI=1S/C9H15N3/c1-3-4-9-11-6-8(5-10)7(2)12-9/h6H,3-5,10H2,1-2H3. The third-order valence-electron chi connectivity index (χ3n) is 1.82. The first kappa shape index (κ1) is 9.13. The van der Waals surface area contributed by atoms with E-state index in [1.165, 1.54) is 0 Å². The first-order valence-electron chi connectivity index (χ1n) is 4.29. The third kappa shape index (κ3) is 2.01. The predicted octanol–water partition coefficient (Wildman–Crippen LogP) is 1.20. The van der Waals surface area contributed by atoms with Crippen molar-refractivity contribution in [3.05, 3.63) is 23.3 Å². The monoisotopic (exact) mass is 165 g/mol. The van der Waals surface area contributed by atoms with Crippen LogP contribution in [0, 0.1) is 6.92 Å². The molecule has 1 aromatic heterocycles. The SMILES string of the molecule is CCCc1ncc(CN)c(C)n1. The van der Waals surface area contributed by atoms with E-state index < -0.39 is 0 Å². The Hall–Kier alpha value is -0.960. The molecule has 3 heteroatoms. The highest BCUT2D eigenvalue weighted by Crippen LogP contribution is 2.03. The Morgan fingerprint density at radius 3 is 2.75 bits per heavy atom. The second-order valence-corrected chi connectivity index (χ2v) is 2.85. The lowest BCUT2D eigenvalue weighted by Crippen LogP contribution is -2.05. The molecule has 0 saturated heterocycles. The molecule has 0 fully saturated rings. The minimum absolute atomic E-state index is 0.526. The van der Waals surface area contributed by atoms with E-state index in [-0.39, 0.29) is 0 Å². The van der Waals surface area contributed by atoms with Gasteiger partial charge in [-0.05, 0) is 13.3 Å². The Kier molecular flexibility index (Phi) is 3.17. The molecule has 0 aliphatic rings. The smallest absolute Gasteiger partial charge is 0.128 e. The maximum Gasteiger partial charge on any atom is 0.128 e. The van der Waals surface area contributed by atoms with Gasteiger partial charge in [0.25, 0.3) is 0 Å². The molecular weight excluding hydrogens is 150 g/mol. The van der Waals surface area contributed by atoms with Crippen molar-refractivity contribution in [2.45, 2.75) is 33.2 Å². The van der Waals surface area contributed by atoms with Crippen LogP contribution in [0.2, 0.25) is 0 Å². The van der Waals surface area contributed by atoms with Gasteiger partial charge in [0.05, 0.1) is 0 Å². The quantitative estimate of drug-likeness (QED) is 0.732. The average molecular weight is 165 g/mol. The molecule has 1 heterocycles. The zero-order valence-corrected chi connectivity index (χ0v) is 7.67. The molecule has 1 rings (SSSR count). The minimum atomic E-state index is 0.526. The number of nitrogens with two attached hydrogens (primary N) is 1.